The standard InChI is InChI=1S/C17H21N5S/c1-21-8-6-13(7-9-21)19-17-20-15-4-2-3-5-16(15)22(17)10-14-11-23-12-18-14/h2-5,11-13H,6-10H2,1H3,(H,19,20). The molecule has 1 aromatic carbocycles. The molecule has 1 N–H and O–H groups in total. The van der Waals surface area contributed by atoms with Gasteiger partial charge in [0, 0.05) is 11.4 Å². The Morgan fingerprint density at radius 3 is 2.87 bits per heavy atom. The molecule has 0 radical (unpaired) electrons. The number of fused-ring (bicyclic) bond motifs is 1. The maximum atomic E-state index is 4.82. The Hall–Kier alpha value is -1.92. The van der Waals surface area contributed by atoms with Crippen molar-refractivity contribution in [2.24, 2.45) is 0 Å². The van der Waals surface area contributed by atoms with E-state index in [1.165, 1.54) is 0 Å². The first-order valence-corrected chi connectivity index (χ1v) is 9.01. The lowest BCUT2D eigenvalue weighted by molar-refractivity contribution is 0.263. The number of rotatable bonds is 4. The van der Waals surface area contributed by atoms with Gasteiger partial charge < -0.3 is 14.8 Å². The van der Waals surface area contributed by atoms with Crippen molar-refractivity contribution in [1.82, 2.24) is 19.4 Å². The summed E-state index contributed by atoms with van der Waals surface area (Å²) in [6.45, 7) is 3.05. The molecule has 0 atom stereocenters. The molecule has 0 saturated carbocycles. The molecule has 6 heteroatoms. The van der Waals surface area contributed by atoms with Crippen LogP contribution in [0, 0.1) is 0 Å². The van der Waals surface area contributed by atoms with Gasteiger partial charge in [-0.05, 0) is 45.1 Å². The maximum Gasteiger partial charge on any atom is 0.204 e. The molecule has 1 saturated heterocycles. The average Bonchev–Trinajstić information content (AvgIpc) is 3.19. The van der Waals surface area contributed by atoms with E-state index in [0.29, 0.717) is 6.04 Å². The highest BCUT2D eigenvalue weighted by atomic mass is 32.1. The van der Waals surface area contributed by atoms with Crippen LogP contribution in [0.5, 0.6) is 0 Å². The number of nitrogens with one attached hydrogen (secondary N) is 1. The van der Waals surface area contributed by atoms with Crippen LogP contribution in [0.15, 0.2) is 35.2 Å². The number of nitrogens with zero attached hydrogens (tertiary/aromatic N) is 4. The first-order valence-electron chi connectivity index (χ1n) is 8.07. The van der Waals surface area contributed by atoms with E-state index >= 15 is 0 Å². The van der Waals surface area contributed by atoms with Crippen molar-refractivity contribution >= 4 is 28.3 Å². The number of thiazole rings is 1. The molecule has 0 spiro atoms. The molecule has 4 rings (SSSR count). The summed E-state index contributed by atoms with van der Waals surface area (Å²) < 4.78 is 2.25. The molecule has 1 fully saturated rings. The monoisotopic (exact) mass is 327 g/mol. The normalized spacial score (nSPS) is 16.9. The number of hydrogen-bond donors (Lipinski definition) is 1. The van der Waals surface area contributed by atoms with Crippen molar-refractivity contribution < 1.29 is 0 Å². The van der Waals surface area contributed by atoms with E-state index in [4.69, 9.17) is 4.98 Å². The maximum absolute atomic E-state index is 4.82. The summed E-state index contributed by atoms with van der Waals surface area (Å²) in [7, 11) is 2.19. The molecule has 1 aliphatic heterocycles. The second kappa shape index (κ2) is 6.29. The summed E-state index contributed by atoms with van der Waals surface area (Å²) in [5.74, 6) is 0.966. The fourth-order valence-electron chi connectivity index (χ4n) is 3.16. The molecular formula is C17H21N5S. The summed E-state index contributed by atoms with van der Waals surface area (Å²) in [5, 5.41) is 5.78. The summed E-state index contributed by atoms with van der Waals surface area (Å²) in [4.78, 5) is 11.6. The van der Waals surface area contributed by atoms with Crippen LogP contribution in [0.1, 0.15) is 18.5 Å². The molecule has 0 unspecified atom stereocenters. The highest BCUT2D eigenvalue weighted by Crippen LogP contribution is 2.23. The van der Waals surface area contributed by atoms with Gasteiger partial charge in [-0.15, -0.1) is 11.3 Å². The predicted molar refractivity (Wildman–Crippen MR) is 95.1 cm³/mol. The van der Waals surface area contributed by atoms with Gasteiger partial charge in [0.05, 0.1) is 28.8 Å². The minimum atomic E-state index is 0.497. The van der Waals surface area contributed by atoms with E-state index in [2.05, 4.69) is 50.4 Å². The average molecular weight is 327 g/mol. The van der Waals surface area contributed by atoms with Crippen molar-refractivity contribution in [3.63, 3.8) is 0 Å². The molecule has 5 nitrogen and oxygen atoms in total. The molecule has 0 bridgehead atoms. The van der Waals surface area contributed by atoms with Crippen LogP contribution in [0.3, 0.4) is 0 Å². The Balaban J connectivity index is 1.64. The number of imidazole rings is 1. The van der Waals surface area contributed by atoms with Crippen molar-refractivity contribution in [2.75, 3.05) is 25.5 Å². The predicted octanol–water partition coefficient (Wildman–Crippen LogP) is 3.05. The van der Waals surface area contributed by atoms with E-state index < -0.39 is 0 Å². The number of piperidine rings is 1. The smallest absolute Gasteiger partial charge is 0.204 e. The third-order valence-electron chi connectivity index (χ3n) is 4.51. The van der Waals surface area contributed by atoms with E-state index in [9.17, 15) is 0 Å². The number of aromatic nitrogens is 3. The van der Waals surface area contributed by atoms with Crippen LogP contribution in [-0.4, -0.2) is 45.6 Å². The number of benzene rings is 1. The molecule has 3 aromatic rings. The van der Waals surface area contributed by atoms with E-state index in [-0.39, 0.29) is 0 Å². The molecule has 120 valence electrons. The lowest BCUT2D eigenvalue weighted by Gasteiger charge is -2.29. The minimum absolute atomic E-state index is 0.497. The van der Waals surface area contributed by atoms with Crippen LogP contribution in [-0.2, 0) is 6.54 Å². The third-order valence-corrected chi connectivity index (χ3v) is 5.15. The van der Waals surface area contributed by atoms with Gasteiger partial charge in [-0.2, -0.15) is 0 Å². The van der Waals surface area contributed by atoms with Gasteiger partial charge in [-0.1, -0.05) is 12.1 Å². The highest BCUT2D eigenvalue weighted by Gasteiger charge is 2.19. The Bertz CT molecular complexity index is 771. The van der Waals surface area contributed by atoms with Crippen LogP contribution in [0.4, 0.5) is 5.95 Å². The Morgan fingerprint density at radius 1 is 1.26 bits per heavy atom. The highest BCUT2D eigenvalue weighted by molar-refractivity contribution is 7.07. The van der Waals surface area contributed by atoms with Crippen LogP contribution in [0.25, 0.3) is 11.0 Å². The molecule has 0 aliphatic carbocycles. The van der Waals surface area contributed by atoms with Crippen LogP contribution in [0.2, 0.25) is 0 Å². The molecule has 0 amide bonds. The zero-order chi connectivity index (χ0) is 15.6. The summed E-state index contributed by atoms with van der Waals surface area (Å²) in [5.41, 5.74) is 5.18. The van der Waals surface area contributed by atoms with E-state index in [1.54, 1.807) is 11.3 Å². The largest absolute Gasteiger partial charge is 0.353 e. The number of para-hydroxylation sites is 2. The van der Waals surface area contributed by atoms with Gasteiger partial charge in [0.25, 0.3) is 0 Å². The van der Waals surface area contributed by atoms with Crippen molar-refractivity contribution in [1.29, 1.82) is 0 Å². The summed E-state index contributed by atoms with van der Waals surface area (Å²) in [6, 6.07) is 8.82. The van der Waals surface area contributed by atoms with Gasteiger partial charge in [0.15, 0.2) is 0 Å². The zero-order valence-electron chi connectivity index (χ0n) is 13.3. The Kier molecular flexibility index (Phi) is 4.01. The van der Waals surface area contributed by atoms with Gasteiger partial charge in [0.2, 0.25) is 5.95 Å². The van der Waals surface area contributed by atoms with Crippen LogP contribution >= 0.6 is 11.3 Å². The lowest BCUT2D eigenvalue weighted by Crippen LogP contribution is -2.37. The Morgan fingerprint density at radius 2 is 2.09 bits per heavy atom. The zero-order valence-corrected chi connectivity index (χ0v) is 14.1. The third kappa shape index (κ3) is 3.09. The van der Waals surface area contributed by atoms with Crippen LogP contribution < -0.4 is 5.32 Å². The second-order valence-electron chi connectivity index (χ2n) is 6.21. The summed E-state index contributed by atoms with van der Waals surface area (Å²) in [6.07, 6.45) is 2.33. The van der Waals surface area contributed by atoms with E-state index in [0.717, 1.165) is 55.2 Å². The quantitative estimate of drug-likeness (QED) is 0.800. The van der Waals surface area contributed by atoms with Crippen molar-refractivity contribution in [3.05, 3.63) is 40.8 Å². The molecule has 2 aromatic heterocycles. The van der Waals surface area contributed by atoms with Gasteiger partial charge in [-0.25, -0.2) is 9.97 Å². The minimum Gasteiger partial charge on any atom is -0.353 e. The lowest BCUT2D eigenvalue weighted by atomic mass is 10.1. The van der Waals surface area contributed by atoms with Gasteiger partial charge >= 0.3 is 0 Å². The van der Waals surface area contributed by atoms with E-state index in [1.807, 2.05) is 11.6 Å². The second-order valence-corrected chi connectivity index (χ2v) is 6.93. The molecular weight excluding hydrogens is 306 g/mol. The molecule has 3 heterocycles. The van der Waals surface area contributed by atoms with Gasteiger partial charge in [0.1, 0.15) is 0 Å². The Labute approximate surface area is 140 Å². The van der Waals surface area contributed by atoms with Gasteiger partial charge in [-0.3, -0.25) is 0 Å². The first-order chi connectivity index (χ1) is 11.3. The number of anilines is 1. The fourth-order valence-corrected chi connectivity index (χ4v) is 3.71. The molecule has 23 heavy (non-hydrogen) atoms. The van der Waals surface area contributed by atoms with Crippen molar-refractivity contribution in [3.8, 4) is 0 Å². The van der Waals surface area contributed by atoms with Crippen molar-refractivity contribution in [2.45, 2.75) is 25.4 Å². The fraction of sp³-hybridized carbons (Fsp3) is 0.412. The first kappa shape index (κ1) is 14.7. The topological polar surface area (TPSA) is 46.0 Å². The SMILES string of the molecule is CN1CCC(Nc2nc3ccccc3n2Cc2cscn2)CC1. The summed E-state index contributed by atoms with van der Waals surface area (Å²) >= 11 is 1.64. The number of likely N-dealkylation sites (tertiary alicyclic amines) is 1. The number of hydrogen-bond acceptors (Lipinski definition) is 5. The molecule has 1 aliphatic rings.